The molecular formula is C9H15N3O3S. The van der Waals surface area contributed by atoms with Crippen LogP contribution in [0.1, 0.15) is 19.8 Å². The molecule has 0 aromatic carbocycles. The number of rotatable bonds is 4. The van der Waals surface area contributed by atoms with Crippen LogP contribution >= 0.6 is 0 Å². The Hall–Kier alpha value is -1.13. The first kappa shape index (κ1) is 12.9. The Morgan fingerprint density at radius 1 is 1.69 bits per heavy atom. The summed E-state index contributed by atoms with van der Waals surface area (Å²) >= 11 is 0. The van der Waals surface area contributed by atoms with Crippen molar-refractivity contribution in [3.05, 3.63) is 0 Å². The highest BCUT2D eigenvalue weighted by Crippen LogP contribution is 2.22. The van der Waals surface area contributed by atoms with Crippen LogP contribution < -0.4 is 5.73 Å². The molecule has 1 fully saturated rings. The van der Waals surface area contributed by atoms with Crippen LogP contribution in [-0.2, 0) is 14.8 Å². The fourth-order valence-electron chi connectivity index (χ4n) is 1.74. The third-order valence-corrected chi connectivity index (χ3v) is 5.00. The number of sulfonamides is 1. The van der Waals surface area contributed by atoms with E-state index in [1.807, 2.05) is 0 Å². The molecule has 7 heteroatoms. The molecular weight excluding hydrogens is 230 g/mol. The molecule has 6 nitrogen and oxygen atoms in total. The smallest absolute Gasteiger partial charge is 0.230 e. The summed E-state index contributed by atoms with van der Waals surface area (Å²) in [5, 5.41) is 7.72. The number of amides is 1. The molecule has 0 saturated carbocycles. The van der Waals surface area contributed by atoms with Crippen LogP contribution in [0.15, 0.2) is 0 Å². The average Bonchev–Trinajstić information content (AvgIpc) is 2.68. The van der Waals surface area contributed by atoms with E-state index in [1.165, 1.54) is 4.31 Å². The molecule has 2 unspecified atom stereocenters. The highest BCUT2D eigenvalue weighted by molar-refractivity contribution is 7.90. The fourth-order valence-corrected chi connectivity index (χ4v) is 3.40. The SMILES string of the molecule is CCC(C#N)S(=O)(=O)N1CCC(C(N)=O)C1. The Kier molecular flexibility index (Phi) is 3.88. The molecule has 1 rings (SSSR count). The van der Waals surface area contributed by atoms with Crippen molar-refractivity contribution in [3.63, 3.8) is 0 Å². The van der Waals surface area contributed by atoms with Crippen LogP contribution in [0.2, 0.25) is 0 Å². The Bertz CT molecular complexity index is 412. The molecule has 2 N–H and O–H groups in total. The number of nitrogens with two attached hydrogens (primary N) is 1. The van der Waals surface area contributed by atoms with E-state index in [2.05, 4.69) is 0 Å². The number of nitrogens with zero attached hydrogens (tertiary/aromatic N) is 2. The number of primary amides is 1. The van der Waals surface area contributed by atoms with E-state index in [4.69, 9.17) is 11.0 Å². The molecule has 1 heterocycles. The highest BCUT2D eigenvalue weighted by atomic mass is 32.2. The minimum atomic E-state index is -3.60. The van der Waals surface area contributed by atoms with E-state index in [-0.39, 0.29) is 19.5 Å². The van der Waals surface area contributed by atoms with E-state index in [1.54, 1.807) is 13.0 Å². The van der Waals surface area contributed by atoms with Crippen LogP contribution in [-0.4, -0.2) is 37.0 Å². The molecule has 16 heavy (non-hydrogen) atoms. The standard InChI is InChI=1S/C9H15N3O3S/c1-2-8(5-10)16(14,15)12-4-3-7(6-12)9(11)13/h7-8H,2-4,6H2,1H3,(H2,11,13). The first-order valence-corrected chi connectivity index (χ1v) is 6.61. The number of nitriles is 1. The van der Waals surface area contributed by atoms with Crippen molar-refractivity contribution in [1.82, 2.24) is 4.31 Å². The van der Waals surface area contributed by atoms with Crippen LogP contribution in [0.4, 0.5) is 0 Å². The predicted octanol–water partition coefficient (Wildman–Crippen LogP) is -0.574. The summed E-state index contributed by atoms with van der Waals surface area (Å²) in [7, 11) is -3.60. The van der Waals surface area contributed by atoms with Gasteiger partial charge in [-0.15, -0.1) is 0 Å². The average molecular weight is 245 g/mol. The van der Waals surface area contributed by atoms with Gasteiger partial charge in [0.1, 0.15) is 0 Å². The van der Waals surface area contributed by atoms with Gasteiger partial charge in [0.05, 0.1) is 12.0 Å². The number of carbonyl (C=O) groups is 1. The van der Waals surface area contributed by atoms with E-state index in [0.717, 1.165) is 0 Å². The second kappa shape index (κ2) is 4.80. The van der Waals surface area contributed by atoms with Gasteiger partial charge in [0, 0.05) is 13.1 Å². The van der Waals surface area contributed by atoms with Gasteiger partial charge in [-0.2, -0.15) is 9.57 Å². The van der Waals surface area contributed by atoms with Gasteiger partial charge >= 0.3 is 0 Å². The maximum Gasteiger partial charge on any atom is 0.230 e. The van der Waals surface area contributed by atoms with Gasteiger partial charge in [-0.25, -0.2) is 8.42 Å². The summed E-state index contributed by atoms with van der Waals surface area (Å²) in [5.74, 6) is -0.909. The maximum atomic E-state index is 11.9. The van der Waals surface area contributed by atoms with Gasteiger partial charge in [0.15, 0.2) is 5.25 Å². The summed E-state index contributed by atoms with van der Waals surface area (Å²) in [6, 6.07) is 1.77. The van der Waals surface area contributed by atoms with E-state index in [9.17, 15) is 13.2 Å². The minimum Gasteiger partial charge on any atom is -0.369 e. The van der Waals surface area contributed by atoms with Crippen LogP contribution in [0.3, 0.4) is 0 Å². The molecule has 0 aromatic heterocycles. The molecule has 0 aliphatic carbocycles. The van der Waals surface area contributed by atoms with Gasteiger partial charge in [-0.1, -0.05) is 6.92 Å². The zero-order chi connectivity index (χ0) is 12.3. The molecule has 0 radical (unpaired) electrons. The van der Waals surface area contributed by atoms with E-state index < -0.39 is 27.1 Å². The zero-order valence-corrected chi connectivity index (χ0v) is 9.90. The summed E-state index contributed by atoms with van der Waals surface area (Å²) in [6.45, 7) is 2.02. The lowest BCUT2D eigenvalue weighted by molar-refractivity contribution is -0.121. The number of carbonyl (C=O) groups excluding carboxylic acids is 1. The van der Waals surface area contributed by atoms with Crippen LogP contribution in [0.25, 0.3) is 0 Å². The second-order valence-corrected chi connectivity index (χ2v) is 5.93. The highest BCUT2D eigenvalue weighted by Gasteiger charge is 2.37. The van der Waals surface area contributed by atoms with Gasteiger partial charge < -0.3 is 5.73 Å². The largest absolute Gasteiger partial charge is 0.369 e. The summed E-state index contributed by atoms with van der Waals surface area (Å²) in [5.41, 5.74) is 5.12. The number of hydrogen-bond donors (Lipinski definition) is 1. The lowest BCUT2D eigenvalue weighted by Gasteiger charge is -2.18. The molecule has 90 valence electrons. The van der Waals surface area contributed by atoms with Gasteiger partial charge in [0.2, 0.25) is 15.9 Å². The Morgan fingerprint density at radius 3 is 2.69 bits per heavy atom. The van der Waals surface area contributed by atoms with Crippen molar-refractivity contribution in [2.24, 2.45) is 11.7 Å². The number of hydrogen-bond acceptors (Lipinski definition) is 4. The molecule has 1 amide bonds. The predicted molar refractivity (Wildman–Crippen MR) is 57.5 cm³/mol. The summed E-state index contributed by atoms with van der Waals surface area (Å²) in [6.07, 6.45) is 0.687. The Balaban J connectivity index is 2.81. The van der Waals surface area contributed by atoms with Gasteiger partial charge in [0.25, 0.3) is 0 Å². The quantitative estimate of drug-likeness (QED) is 0.715. The Morgan fingerprint density at radius 2 is 2.31 bits per heavy atom. The molecule has 1 aliphatic heterocycles. The fraction of sp³-hybridized carbons (Fsp3) is 0.778. The lowest BCUT2D eigenvalue weighted by atomic mass is 10.1. The Labute approximate surface area is 95.1 Å². The van der Waals surface area contributed by atoms with Crippen molar-refractivity contribution in [1.29, 1.82) is 5.26 Å². The third-order valence-electron chi connectivity index (χ3n) is 2.79. The van der Waals surface area contributed by atoms with E-state index in [0.29, 0.717) is 6.42 Å². The maximum absolute atomic E-state index is 11.9. The summed E-state index contributed by atoms with van der Waals surface area (Å²) in [4.78, 5) is 10.9. The van der Waals surface area contributed by atoms with E-state index >= 15 is 0 Å². The van der Waals surface area contributed by atoms with Crippen molar-refractivity contribution in [2.75, 3.05) is 13.1 Å². The van der Waals surface area contributed by atoms with Crippen LogP contribution in [0.5, 0.6) is 0 Å². The minimum absolute atomic E-state index is 0.107. The lowest BCUT2D eigenvalue weighted by Crippen LogP contribution is -2.37. The van der Waals surface area contributed by atoms with Gasteiger partial charge in [-0.05, 0) is 12.8 Å². The molecule has 2 atom stereocenters. The molecule has 0 bridgehead atoms. The summed E-state index contributed by atoms with van der Waals surface area (Å²) < 4.78 is 25.0. The first-order chi connectivity index (χ1) is 7.43. The second-order valence-electron chi connectivity index (χ2n) is 3.82. The van der Waals surface area contributed by atoms with Crippen molar-refractivity contribution >= 4 is 15.9 Å². The van der Waals surface area contributed by atoms with Crippen molar-refractivity contribution < 1.29 is 13.2 Å². The molecule has 1 saturated heterocycles. The topological polar surface area (TPSA) is 104 Å². The van der Waals surface area contributed by atoms with Crippen molar-refractivity contribution in [2.45, 2.75) is 25.0 Å². The molecule has 1 aliphatic rings. The normalized spacial score (nSPS) is 23.9. The monoisotopic (exact) mass is 245 g/mol. The van der Waals surface area contributed by atoms with Crippen molar-refractivity contribution in [3.8, 4) is 6.07 Å². The zero-order valence-electron chi connectivity index (χ0n) is 9.09. The van der Waals surface area contributed by atoms with Gasteiger partial charge in [-0.3, -0.25) is 4.79 Å². The van der Waals surface area contributed by atoms with Crippen LogP contribution in [0, 0.1) is 17.2 Å². The molecule has 0 spiro atoms. The third kappa shape index (κ3) is 2.33. The molecule has 0 aromatic rings. The first-order valence-electron chi connectivity index (χ1n) is 5.11.